The second kappa shape index (κ2) is 15.9. The molecule has 1 N–H and O–H groups in total. The average molecular weight is 616 g/mol. The van der Waals surface area contributed by atoms with Gasteiger partial charge in [0, 0.05) is 40.6 Å². The smallest absolute Gasteiger partial charge is 0.340 e. The Bertz CT molecular complexity index is 1370. The SMILES string of the molecule is CCOC(=O)C([18F])CC(N=C(c1ccccc1)c1ccccc1NC(=O)C1CCCN1Cc1ccccc1)C(=O)[O-].[Ni]. The van der Waals surface area contributed by atoms with Crippen molar-refractivity contribution in [2.75, 3.05) is 18.5 Å². The van der Waals surface area contributed by atoms with Crippen molar-refractivity contribution >= 4 is 29.2 Å². The van der Waals surface area contributed by atoms with Gasteiger partial charge in [-0.2, -0.15) is 0 Å². The fraction of sp³-hybridized carbons (Fsp3) is 0.312. The Balaban J connectivity index is 0.00000484. The number of carboxylic acid groups (broad SMARTS) is 1. The number of nitrogens with one attached hydrogen (secondary N) is 1. The van der Waals surface area contributed by atoms with Crippen LogP contribution in [-0.4, -0.2) is 59.9 Å². The van der Waals surface area contributed by atoms with Gasteiger partial charge < -0.3 is 20.0 Å². The number of halogens is 1. The molecule has 1 saturated heterocycles. The topological polar surface area (TPSA) is 111 Å². The monoisotopic (exact) mass is 615 g/mol. The number of carbonyl (C=O) groups excluding carboxylic acids is 3. The first-order valence-electron chi connectivity index (χ1n) is 13.7. The predicted octanol–water partition coefficient (Wildman–Crippen LogP) is 3.53. The molecule has 10 heteroatoms. The Hall–Kier alpha value is -3.88. The van der Waals surface area contributed by atoms with Crippen molar-refractivity contribution in [1.29, 1.82) is 0 Å². The van der Waals surface area contributed by atoms with E-state index in [4.69, 9.17) is 0 Å². The number of hydrogen-bond donors (Lipinski definition) is 1. The van der Waals surface area contributed by atoms with Crippen molar-refractivity contribution in [3.05, 3.63) is 102 Å². The Labute approximate surface area is 254 Å². The van der Waals surface area contributed by atoms with Crippen molar-refractivity contribution in [3.8, 4) is 0 Å². The van der Waals surface area contributed by atoms with Crippen LogP contribution < -0.4 is 10.4 Å². The number of benzene rings is 3. The fourth-order valence-corrected chi connectivity index (χ4v) is 4.92. The van der Waals surface area contributed by atoms with E-state index in [2.05, 4.69) is 19.9 Å². The van der Waals surface area contributed by atoms with Gasteiger partial charge in [0.2, 0.25) is 5.91 Å². The van der Waals surface area contributed by atoms with Crippen LogP contribution in [0.4, 0.5) is 10.1 Å². The molecule has 0 aromatic heterocycles. The zero-order valence-corrected chi connectivity index (χ0v) is 24.2. The summed E-state index contributed by atoms with van der Waals surface area (Å²) in [6, 6.07) is 23.7. The predicted molar refractivity (Wildman–Crippen MR) is 152 cm³/mol. The molecule has 1 fully saturated rings. The van der Waals surface area contributed by atoms with Gasteiger partial charge in [0.25, 0.3) is 0 Å². The second-order valence-electron chi connectivity index (χ2n) is 9.78. The molecule has 8 nitrogen and oxygen atoms in total. The first kappa shape index (κ1) is 32.6. The summed E-state index contributed by atoms with van der Waals surface area (Å²) in [5, 5.41) is 15.0. The minimum atomic E-state index is -2.19. The Kier molecular flexibility index (Phi) is 12.4. The number of carboxylic acids is 1. The third-order valence-electron chi connectivity index (χ3n) is 6.91. The summed E-state index contributed by atoms with van der Waals surface area (Å²) >= 11 is 0. The Morgan fingerprint density at radius 2 is 1.67 bits per heavy atom. The van der Waals surface area contributed by atoms with E-state index in [1.165, 1.54) is 6.92 Å². The first-order valence-corrected chi connectivity index (χ1v) is 13.7. The molecule has 1 amide bonds. The molecule has 1 aliphatic heterocycles. The van der Waals surface area contributed by atoms with E-state index in [9.17, 15) is 23.9 Å². The largest absolute Gasteiger partial charge is 0.548 e. The van der Waals surface area contributed by atoms with Gasteiger partial charge in [0.1, 0.15) is 0 Å². The summed E-state index contributed by atoms with van der Waals surface area (Å²) in [5.41, 5.74) is 2.79. The van der Waals surface area contributed by atoms with Crippen LogP contribution in [0.5, 0.6) is 0 Å². The number of aliphatic carboxylic acids is 1. The zero-order chi connectivity index (χ0) is 29.2. The van der Waals surface area contributed by atoms with Gasteiger partial charge in [-0.3, -0.25) is 14.7 Å². The van der Waals surface area contributed by atoms with E-state index in [1.807, 2.05) is 30.3 Å². The third kappa shape index (κ3) is 8.57. The van der Waals surface area contributed by atoms with E-state index in [0.717, 1.165) is 18.5 Å². The van der Waals surface area contributed by atoms with Crippen LogP contribution in [0, 0.1) is 0 Å². The first-order chi connectivity index (χ1) is 19.9. The molecule has 42 heavy (non-hydrogen) atoms. The third-order valence-corrected chi connectivity index (χ3v) is 6.91. The van der Waals surface area contributed by atoms with Gasteiger partial charge in [-0.1, -0.05) is 78.9 Å². The number of esters is 1. The van der Waals surface area contributed by atoms with E-state index >= 15 is 0 Å². The Morgan fingerprint density at radius 1 is 1.02 bits per heavy atom. The van der Waals surface area contributed by atoms with Crippen molar-refractivity contribution in [2.24, 2.45) is 4.99 Å². The van der Waals surface area contributed by atoms with Gasteiger partial charge in [0.15, 0.2) is 6.17 Å². The van der Waals surface area contributed by atoms with Crippen LogP contribution >= 0.6 is 0 Å². The molecule has 0 spiro atoms. The van der Waals surface area contributed by atoms with Crippen LogP contribution in [0.25, 0.3) is 0 Å². The maximum atomic E-state index is 14.6. The number of carbonyl (C=O) groups is 3. The number of rotatable bonds is 12. The minimum absolute atomic E-state index is 0. The zero-order valence-electron chi connectivity index (χ0n) is 23.2. The molecule has 0 radical (unpaired) electrons. The van der Waals surface area contributed by atoms with Crippen LogP contribution in [-0.2, 0) is 42.2 Å². The van der Waals surface area contributed by atoms with Crippen LogP contribution in [0.2, 0.25) is 0 Å². The maximum Gasteiger partial charge on any atom is 0.340 e. The second-order valence-corrected chi connectivity index (χ2v) is 9.78. The summed E-state index contributed by atoms with van der Waals surface area (Å²) in [6.07, 6.45) is -1.34. The molecular weight excluding hydrogens is 583 g/mol. The van der Waals surface area contributed by atoms with Gasteiger partial charge in [-0.15, -0.1) is 0 Å². The molecule has 4 rings (SSSR count). The maximum absolute atomic E-state index is 14.6. The molecule has 0 aliphatic carbocycles. The van der Waals surface area contributed by atoms with Gasteiger partial charge in [-0.25, -0.2) is 9.18 Å². The normalized spacial score (nSPS) is 16.6. The molecule has 3 aromatic carbocycles. The molecule has 3 unspecified atom stereocenters. The number of amides is 1. The van der Waals surface area contributed by atoms with Crippen molar-refractivity contribution < 1.29 is 45.1 Å². The van der Waals surface area contributed by atoms with Crippen LogP contribution in [0.15, 0.2) is 89.9 Å². The summed E-state index contributed by atoms with van der Waals surface area (Å²) in [4.78, 5) is 43.9. The van der Waals surface area contributed by atoms with E-state index in [1.54, 1.807) is 54.6 Å². The quantitative estimate of drug-likeness (QED) is 0.190. The fourth-order valence-electron chi connectivity index (χ4n) is 4.92. The minimum Gasteiger partial charge on any atom is -0.548 e. The molecule has 3 aromatic rings. The molecule has 1 aliphatic rings. The van der Waals surface area contributed by atoms with E-state index < -0.39 is 30.6 Å². The van der Waals surface area contributed by atoms with Crippen LogP contribution in [0.1, 0.15) is 42.9 Å². The molecule has 3 atom stereocenters. The number of likely N-dealkylation sites (tertiary alicyclic amines) is 1. The summed E-state index contributed by atoms with van der Waals surface area (Å²) < 4.78 is 19.3. The summed E-state index contributed by atoms with van der Waals surface area (Å²) in [6.45, 7) is 2.94. The number of hydrogen-bond acceptors (Lipinski definition) is 7. The van der Waals surface area contributed by atoms with Crippen LogP contribution in [0.3, 0.4) is 0 Å². The van der Waals surface area contributed by atoms with Gasteiger partial charge >= 0.3 is 5.97 Å². The number of anilines is 1. The summed E-state index contributed by atoms with van der Waals surface area (Å²) in [5.74, 6) is -2.96. The number of para-hydroxylation sites is 1. The molecular formula is C32H33FN3NiO5-. The summed E-state index contributed by atoms with van der Waals surface area (Å²) in [7, 11) is 0. The number of ether oxygens (including phenoxy) is 1. The number of aliphatic imine (C=N–C) groups is 1. The standard InChI is InChI=1S/C32H34FN3O5.Ni/c1-2-41-32(40)25(33)20-27(31(38)39)34-29(23-14-7-4-8-15-23)24-16-9-10-17-26(24)35-30(37)28-18-11-19-36(28)21-22-12-5-3-6-13-22;/h3-10,12-17,25,27-28H,2,11,18-21H2,1H3,(H,35,37)(H,38,39);/p-1/i33-1;. The molecule has 1 heterocycles. The van der Waals surface area contributed by atoms with Gasteiger partial charge in [0.05, 0.1) is 36.1 Å². The molecule has 224 valence electrons. The van der Waals surface area contributed by atoms with E-state index in [0.29, 0.717) is 29.8 Å². The van der Waals surface area contributed by atoms with Gasteiger partial charge in [-0.05, 0) is 37.9 Å². The van der Waals surface area contributed by atoms with Crippen molar-refractivity contribution in [3.63, 3.8) is 0 Å². The van der Waals surface area contributed by atoms with Crippen molar-refractivity contribution in [1.82, 2.24) is 4.90 Å². The number of alkyl halides is 1. The van der Waals surface area contributed by atoms with E-state index in [-0.39, 0.29) is 40.8 Å². The average Bonchev–Trinajstić information content (AvgIpc) is 3.45. The van der Waals surface area contributed by atoms with Crippen molar-refractivity contribution in [2.45, 2.75) is 51.0 Å². The number of nitrogens with zero attached hydrogens (tertiary/aromatic N) is 2. The molecule has 0 saturated carbocycles. The Morgan fingerprint density at radius 3 is 2.33 bits per heavy atom. The molecule has 0 bridgehead atoms.